The van der Waals surface area contributed by atoms with Crippen molar-refractivity contribution in [2.45, 2.75) is 25.2 Å². The highest BCUT2D eigenvalue weighted by atomic mass is 19.1. The van der Waals surface area contributed by atoms with Crippen LogP contribution >= 0.6 is 0 Å². The lowest BCUT2D eigenvalue weighted by Gasteiger charge is -2.35. The molecular formula is C30H33F2N3. The SMILES string of the molecule is Fc1ccc(C(CCCN2CCN(CCc3c[nH]c4ccccc34)CC2)c2ccc(F)cc2)cc1. The van der Waals surface area contributed by atoms with Gasteiger partial charge in [0.05, 0.1) is 0 Å². The quantitative estimate of drug-likeness (QED) is 0.312. The first-order chi connectivity index (χ1) is 17.2. The minimum absolute atomic E-state index is 0.147. The molecule has 5 heteroatoms. The van der Waals surface area contributed by atoms with Crippen molar-refractivity contribution in [2.75, 3.05) is 39.3 Å². The van der Waals surface area contributed by atoms with Crippen LogP contribution in [0.2, 0.25) is 0 Å². The summed E-state index contributed by atoms with van der Waals surface area (Å²) in [6.07, 6.45) is 5.23. The molecule has 3 aromatic carbocycles. The van der Waals surface area contributed by atoms with Gasteiger partial charge in [-0.1, -0.05) is 42.5 Å². The number of rotatable bonds is 9. The van der Waals surface area contributed by atoms with E-state index in [0.29, 0.717) is 0 Å². The Labute approximate surface area is 206 Å². The first-order valence-corrected chi connectivity index (χ1v) is 12.7. The van der Waals surface area contributed by atoms with Gasteiger partial charge in [0.25, 0.3) is 0 Å². The summed E-state index contributed by atoms with van der Waals surface area (Å²) in [6.45, 7) is 6.52. The number of hydrogen-bond acceptors (Lipinski definition) is 2. The molecule has 182 valence electrons. The Morgan fingerprint density at radius 1 is 0.714 bits per heavy atom. The zero-order valence-electron chi connectivity index (χ0n) is 20.1. The van der Waals surface area contributed by atoms with Gasteiger partial charge in [0, 0.05) is 55.7 Å². The van der Waals surface area contributed by atoms with Crippen LogP contribution in [0, 0.1) is 11.6 Å². The van der Waals surface area contributed by atoms with Crippen molar-refractivity contribution >= 4 is 10.9 Å². The first-order valence-electron chi connectivity index (χ1n) is 12.7. The van der Waals surface area contributed by atoms with Crippen LogP contribution in [-0.2, 0) is 6.42 Å². The lowest BCUT2D eigenvalue weighted by molar-refractivity contribution is 0.131. The van der Waals surface area contributed by atoms with Crippen molar-refractivity contribution in [3.8, 4) is 0 Å². The van der Waals surface area contributed by atoms with Gasteiger partial charge < -0.3 is 14.8 Å². The largest absolute Gasteiger partial charge is 0.361 e. The summed E-state index contributed by atoms with van der Waals surface area (Å²) in [5, 5.41) is 1.34. The van der Waals surface area contributed by atoms with E-state index in [1.54, 1.807) is 0 Å². The van der Waals surface area contributed by atoms with E-state index in [4.69, 9.17) is 0 Å². The van der Waals surface area contributed by atoms with Crippen LogP contribution in [-0.4, -0.2) is 54.1 Å². The molecule has 0 atom stereocenters. The maximum atomic E-state index is 13.5. The number of benzene rings is 3. The molecule has 0 bridgehead atoms. The summed E-state index contributed by atoms with van der Waals surface area (Å²) in [4.78, 5) is 8.50. The fourth-order valence-corrected chi connectivity index (χ4v) is 5.29. The number of hydrogen-bond donors (Lipinski definition) is 1. The van der Waals surface area contributed by atoms with E-state index in [-0.39, 0.29) is 17.6 Å². The molecule has 0 spiro atoms. The highest BCUT2D eigenvalue weighted by Gasteiger charge is 2.19. The predicted octanol–water partition coefficient (Wildman–Crippen LogP) is 6.22. The molecule has 1 saturated heterocycles. The molecule has 0 radical (unpaired) electrons. The molecule has 1 aliphatic heterocycles. The van der Waals surface area contributed by atoms with Gasteiger partial charge in [-0.25, -0.2) is 8.78 Å². The Hall–Kier alpha value is -3.02. The molecular weight excluding hydrogens is 440 g/mol. The molecule has 0 unspecified atom stereocenters. The van der Waals surface area contributed by atoms with Gasteiger partial charge in [0.15, 0.2) is 0 Å². The normalized spacial score (nSPS) is 15.3. The summed E-state index contributed by atoms with van der Waals surface area (Å²) in [7, 11) is 0. The summed E-state index contributed by atoms with van der Waals surface area (Å²) in [5.41, 5.74) is 4.78. The molecule has 1 fully saturated rings. The van der Waals surface area contributed by atoms with E-state index < -0.39 is 0 Å². The monoisotopic (exact) mass is 473 g/mol. The maximum absolute atomic E-state index is 13.5. The lowest BCUT2D eigenvalue weighted by Crippen LogP contribution is -2.47. The van der Waals surface area contributed by atoms with Gasteiger partial charge in [-0.05, 0) is 72.8 Å². The molecule has 0 aliphatic carbocycles. The third-order valence-electron chi connectivity index (χ3n) is 7.35. The fourth-order valence-electron chi connectivity index (χ4n) is 5.29. The number of nitrogens with zero attached hydrogens (tertiary/aromatic N) is 2. The molecule has 3 nitrogen and oxygen atoms in total. The Bertz CT molecular complexity index is 1160. The van der Waals surface area contributed by atoms with Crippen LogP contribution in [0.4, 0.5) is 8.78 Å². The molecule has 35 heavy (non-hydrogen) atoms. The van der Waals surface area contributed by atoms with Gasteiger partial charge in [-0.15, -0.1) is 0 Å². The van der Waals surface area contributed by atoms with Crippen LogP contribution in [0.3, 0.4) is 0 Å². The smallest absolute Gasteiger partial charge is 0.123 e. The number of fused-ring (bicyclic) bond motifs is 1. The van der Waals surface area contributed by atoms with Gasteiger partial charge in [0.1, 0.15) is 11.6 Å². The van der Waals surface area contributed by atoms with Crippen LogP contribution in [0.25, 0.3) is 10.9 Å². The summed E-state index contributed by atoms with van der Waals surface area (Å²) in [6, 6.07) is 22.0. The fraction of sp³-hybridized carbons (Fsp3) is 0.333. The van der Waals surface area contributed by atoms with E-state index in [1.165, 1.54) is 40.7 Å². The topological polar surface area (TPSA) is 22.3 Å². The molecule has 4 aromatic rings. The Kier molecular flexibility index (Phi) is 7.55. The standard InChI is InChI=1S/C30H33F2N3/c31-26-11-7-23(8-12-26)28(24-9-13-27(32)14-10-24)5-3-16-34-18-20-35(21-19-34)17-15-25-22-33-30-6-2-1-4-29(25)30/h1-2,4,6-14,22,28,33H,3,5,15-21H2. The molecule has 1 aliphatic rings. The van der Waals surface area contributed by atoms with Gasteiger partial charge >= 0.3 is 0 Å². The van der Waals surface area contributed by atoms with Crippen molar-refractivity contribution in [1.82, 2.24) is 14.8 Å². The van der Waals surface area contributed by atoms with E-state index >= 15 is 0 Å². The van der Waals surface area contributed by atoms with Crippen molar-refractivity contribution < 1.29 is 8.78 Å². The second kappa shape index (κ2) is 11.1. The Morgan fingerprint density at radius 3 is 1.91 bits per heavy atom. The van der Waals surface area contributed by atoms with E-state index in [0.717, 1.165) is 69.7 Å². The maximum Gasteiger partial charge on any atom is 0.123 e. The van der Waals surface area contributed by atoms with Crippen LogP contribution < -0.4 is 0 Å². The minimum atomic E-state index is -0.228. The number of aromatic amines is 1. The third kappa shape index (κ3) is 5.98. The average Bonchev–Trinajstić information content (AvgIpc) is 3.31. The number of aromatic nitrogens is 1. The van der Waals surface area contributed by atoms with Crippen LogP contribution in [0.5, 0.6) is 0 Å². The number of halogens is 2. The first kappa shape index (κ1) is 23.7. The molecule has 1 N–H and O–H groups in total. The summed E-state index contributed by atoms with van der Waals surface area (Å²) in [5.74, 6) is -0.308. The summed E-state index contributed by atoms with van der Waals surface area (Å²) < 4.78 is 26.9. The highest BCUT2D eigenvalue weighted by molar-refractivity contribution is 5.83. The number of nitrogens with one attached hydrogen (secondary N) is 1. The van der Waals surface area contributed by atoms with Crippen LogP contribution in [0.1, 0.15) is 35.4 Å². The van der Waals surface area contributed by atoms with E-state index in [2.05, 4.69) is 45.2 Å². The third-order valence-corrected chi connectivity index (χ3v) is 7.35. The molecule has 2 heterocycles. The second-order valence-corrected chi connectivity index (χ2v) is 9.59. The van der Waals surface area contributed by atoms with Crippen LogP contribution in [0.15, 0.2) is 79.0 Å². The van der Waals surface area contributed by atoms with Gasteiger partial charge in [-0.2, -0.15) is 0 Å². The van der Waals surface area contributed by atoms with Crippen molar-refractivity contribution in [2.24, 2.45) is 0 Å². The van der Waals surface area contributed by atoms with Gasteiger partial charge in [-0.3, -0.25) is 0 Å². The van der Waals surface area contributed by atoms with Gasteiger partial charge in [0.2, 0.25) is 0 Å². The number of piperazine rings is 1. The Balaban J connectivity index is 1.10. The molecule has 0 saturated carbocycles. The summed E-state index contributed by atoms with van der Waals surface area (Å²) >= 11 is 0. The molecule has 5 rings (SSSR count). The second-order valence-electron chi connectivity index (χ2n) is 9.59. The lowest BCUT2D eigenvalue weighted by atomic mass is 9.87. The van der Waals surface area contributed by atoms with Crippen molar-refractivity contribution in [1.29, 1.82) is 0 Å². The minimum Gasteiger partial charge on any atom is -0.361 e. The number of H-pyrrole nitrogens is 1. The predicted molar refractivity (Wildman–Crippen MR) is 139 cm³/mol. The molecule has 0 amide bonds. The highest BCUT2D eigenvalue weighted by Crippen LogP contribution is 2.30. The van der Waals surface area contributed by atoms with E-state index in [1.807, 2.05) is 24.3 Å². The average molecular weight is 474 g/mol. The van der Waals surface area contributed by atoms with Crippen molar-refractivity contribution in [3.63, 3.8) is 0 Å². The zero-order valence-corrected chi connectivity index (χ0v) is 20.1. The van der Waals surface area contributed by atoms with E-state index in [9.17, 15) is 8.78 Å². The number of para-hydroxylation sites is 1. The zero-order chi connectivity index (χ0) is 24.0. The Morgan fingerprint density at radius 2 is 1.29 bits per heavy atom. The molecule has 1 aromatic heterocycles. The van der Waals surface area contributed by atoms with Crippen molar-refractivity contribution in [3.05, 3.63) is 107 Å².